The predicted molar refractivity (Wildman–Crippen MR) is 123 cm³/mol. The van der Waals surface area contributed by atoms with Crippen molar-refractivity contribution in [1.82, 2.24) is 0 Å². The fraction of sp³-hybridized carbons (Fsp3) is 0.200. The van der Waals surface area contributed by atoms with E-state index in [0.29, 0.717) is 11.3 Å². The molecule has 5 nitrogen and oxygen atoms in total. The van der Waals surface area contributed by atoms with Gasteiger partial charge in [0.05, 0.1) is 6.54 Å². The van der Waals surface area contributed by atoms with Gasteiger partial charge in [0, 0.05) is 22.6 Å². The number of amides is 2. The van der Waals surface area contributed by atoms with Crippen molar-refractivity contribution >= 4 is 28.9 Å². The van der Waals surface area contributed by atoms with Crippen LogP contribution in [0, 0.1) is 6.92 Å². The van der Waals surface area contributed by atoms with E-state index < -0.39 is 0 Å². The van der Waals surface area contributed by atoms with Crippen LogP contribution in [0.3, 0.4) is 0 Å². The second kappa shape index (κ2) is 10.3. The zero-order valence-corrected chi connectivity index (χ0v) is 17.4. The second-order valence-electron chi connectivity index (χ2n) is 7.20. The van der Waals surface area contributed by atoms with Crippen LogP contribution in [0.15, 0.2) is 72.8 Å². The van der Waals surface area contributed by atoms with Gasteiger partial charge in [-0.3, -0.25) is 9.59 Å². The summed E-state index contributed by atoms with van der Waals surface area (Å²) in [4.78, 5) is 24.7. The summed E-state index contributed by atoms with van der Waals surface area (Å²) in [6, 6.07) is 22.6. The number of aryl methyl sites for hydroxylation is 2. The van der Waals surface area contributed by atoms with Crippen LogP contribution in [0.2, 0.25) is 0 Å². The molecular formula is C25H27N3O2. The minimum Gasteiger partial charge on any atom is -0.376 e. The molecule has 30 heavy (non-hydrogen) atoms. The molecule has 0 spiro atoms. The number of hydrogen-bond acceptors (Lipinski definition) is 3. The molecule has 0 aliphatic rings. The molecule has 0 saturated carbocycles. The Labute approximate surface area is 177 Å². The van der Waals surface area contributed by atoms with Gasteiger partial charge in [-0.2, -0.15) is 0 Å². The Bertz CT molecular complexity index is 999. The van der Waals surface area contributed by atoms with Crippen LogP contribution < -0.4 is 16.0 Å². The van der Waals surface area contributed by atoms with E-state index in [2.05, 4.69) is 22.9 Å². The van der Waals surface area contributed by atoms with Crippen molar-refractivity contribution in [2.45, 2.75) is 26.7 Å². The summed E-state index contributed by atoms with van der Waals surface area (Å²) in [6.07, 6.45) is 2.13. The molecule has 0 unspecified atom stereocenters. The first kappa shape index (κ1) is 21.1. The van der Waals surface area contributed by atoms with Gasteiger partial charge in [0.25, 0.3) is 5.91 Å². The summed E-state index contributed by atoms with van der Waals surface area (Å²) < 4.78 is 0. The highest BCUT2D eigenvalue weighted by molar-refractivity contribution is 6.04. The summed E-state index contributed by atoms with van der Waals surface area (Å²) in [5, 5.41) is 8.94. The average molecular weight is 402 g/mol. The van der Waals surface area contributed by atoms with Gasteiger partial charge in [0.2, 0.25) is 5.91 Å². The maximum absolute atomic E-state index is 12.3. The van der Waals surface area contributed by atoms with Crippen molar-refractivity contribution in [2.75, 3.05) is 22.5 Å². The maximum Gasteiger partial charge on any atom is 0.255 e. The number of anilines is 3. The molecule has 0 aliphatic carbocycles. The SMILES string of the molecule is CCCc1ccc(NC(=O)CNc2cc(NC(=O)c3ccccc3)ccc2C)cc1. The summed E-state index contributed by atoms with van der Waals surface area (Å²) in [7, 11) is 0. The Morgan fingerprint density at radius 1 is 0.833 bits per heavy atom. The minimum atomic E-state index is -0.172. The first-order chi connectivity index (χ1) is 14.5. The zero-order valence-electron chi connectivity index (χ0n) is 17.4. The number of carbonyl (C=O) groups is 2. The van der Waals surface area contributed by atoms with E-state index in [9.17, 15) is 9.59 Å². The third kappa shape index (κ3) is 5.95. The Morgan fingerprint density at radius 2 is 1.53 bits per heavy atom. The third-order valence-corrected chi connectivity index (χ3v) is 4.75. The monoisotopic (exact) mass is 401 g/mol. The van der Waals surface area contributed by atoms with Crippen LogP contribution in [0.4, 0.5) is 17.1 Å². The van der Waals surface area contributed by atoms with Crippen LogP contribution in [0.1, 0.15) is 34.8 Å². The van der Waals surface area contributed by atoms with Gasteiger partial charge in [-0.1, -0.05) is 49.7 Å². The van der Waals surface area contributed by atoms with Crippen molar-refractivity contribution in [3.63, 3.8) is 0 Å². The molecule has 3 N–H and O–H groups in total. The molecule has 154 valence electrons. The Balaban J connectivity index is 1.57. The van der Waals surface area contributed by atoms with Crippen molar-refractivity contribution in [1.29, 1.82) is 0 Å². The van der Waals surface area contributed by atoms with Gasteiger partial charge in [-0.05, 0) is 60.9 Å². The van der Waals surface area contributed by atoms with Crippen LogP contribution >= 0.6 is 0 Å². The van der Waals surface area contributed by atoms with E-state index in [0.717, 1.165) is 29.8 Å². The Kier molecular flexibility index (Phi) is 7.22. The molecule has 0 saturated heterocycles. The molecule has 0 aliphatic heterocycles. The lowest BCUT2D eigenvalue weighted by atomic mass is 10.1. The van der Waals surface area contributed by atoms with Crippen molar-refractivity contribution in [2.24, 2.45) is 0 Å². The highest BCUT2D eigenvalue weighted by Crippen LogP contribution is 2.21. The number of benzene rings is 3. The molecule has 0 aromatic heterocycles. The first-order valence-electron chi connectivity index (χ1n) is 10.1. The van der Waals surface area contributed by atoms with E-state index in [1.165, 1.54) is 5.56 Å². The molecule has 0 heterocycles. The van der Waals surface area contributed by atoms with Crippen LogP contribution in [0.5, 0.6) is 0 Å². The summed E-state index contributed by atoms with van der Waals surface area (Å²) in [5.41, 5.74) is 5.10. The number of hydrogen-bond donors (Lipinski definition) is 3. The van der Waals surface area contributed by atoms with Gasteiger partial charge < -0.3 is 16.0 Å². The van der Waals surface area contributed by atoms with E-state index in [4.69, 9.17) is 0 Å². The maximum atomic E-state index is 12.3. The summed E-state index contributed by atoms with van der Waals surface area (Å²) in [5.74, 6) is -0.300. The largest absolute Gasteiger partial charge is 0.376 e. The topological polar surface area (TPSA) is 70.2 Å². The molecule has 0 fully saturated rings. The summed E-state index contributed by atoms with van der Waals surface area (Å²) in [6.45, 7) is 4.23. The molecule has 2 amide bonds. The summed E-state index contributed by atoms with van der Waals surface area (Å²) >= 11 is 0. The number of nitrogens with one attached hydrogen (secondary N) is 3. The van der Waals surface area contributed by atoms with Gasteiger partial charge in [-0.25, -0.2) is 0 Å². The number of carbonyl (C=O) groups excluding carboxylic acids is 2. The molecular weight excluding hydrogens is 374 g/mol. The van der Waals surface area contributed by atoms with E-state index in [-0.39, 0.29) is 18.4 Å². The van der Waals surface area contributed by atoms with Crippen molar-refractivity contribution in [3.05, 3.63) is 89.5 Å². The van der Waals surface area contributed by atoms with Crippen molar-refractivity contribution < 1.29 is 9.59 Å². The Hall–Kier alpha value is -3.60. The molecule has 0 atom stereocenters. The second-order valence-corrected chi connectivity index (χ2v) is 7.20. The van der Waals surface area contributed by atoms with Crippen LogP contribution in [-0.4, -0.2) is 18.4 Å². The normalized spacial score (nSPS) is 10.3. The van der Waals surface area contributed by atoms with E-state index in [1.54, 1.807) is 12.1 Å². The molecule has 0 radical (unpaired) electrons. The fourth-order valence-corrected chi connectivity index (χ4v) is 3.11. The third-order valence-electron chi connectivity index (χ3n) is 4.75. The lowest BCUT2D eigenvalue weighted by Crippen LogP contribution is -2.22. The van der Waals surface area contributed by atoms with Gasteiger partial charge >= 0.3 is 0 Å². The fourth-order valence-electron chi connectivity index (χ4n) is 3.11. The minimum absolute atomic E-state index is 0.128. The quantitative estimate of drug-likeness (QED) is 0.483. The lowest BCUT2D eigenvalue weighted by Gasteiger charge is -2.13. The highest BCUT2D eigenvalue weighted by Gasteiger charge is 2.08. The van der Waals surface area contributed by atoms with Gasteiger partial charge in [0.15, 0.2) is 0 Å². The van der Waals surface area contributed by atoms with Crippen LogP contribution in [0.25, 0.3) is 0 Å². The molecule has 3 aromatic rings. The predicted octanol–water partition coefficient (Wildman–Crippen LogP) is 5.25. The highest BCUT2D eigenvalue weighted by atomic mass is 16.2. The average Bonchev–Trinajstić information content (AvgIpc) is 2.76. The zero-order chi connectivity index (χ0) is 21.3. The first-order valence-corrected chi connectivity index (χ1v) is 10.1. The standard InChI is InChI=1S/C25H27N3O2/c1-3-7-19-11-14-21(15-12-19)27-24(29)17-26-23-16-22(13-10-18(23)2)28-25(30)20-8-5-4-6-9-20/h4-6,8-16,26H,3,7,17H2,1-2H3,(H,27,29)(H,28,30). The van der Waals surface area contributed by atoms with Gasteiger partial charge in [0.1, 0.15) is 0 Å². The van der Waals surface area contributed by atoms with Gasteiger partial charge in [-0.15, -0.1) is 0 Å². The lowest BCUT2D eigenvalue weighted by molar-refractivity contribution is -0.114. The molecule has 5 heteroatoms. The smallest absolute Gasteiger partial charge is 0.255 e. The molecule has 3 rings (SSSR count). The van der Waals surface area contributed by atoms with Crippen molar-refractivity contribution in [3.8, 4) is 0 Å². The Morgan fingerprint density at radius 3 is 2.23 bits per heavy atom. The van der Waals surface area contributed by atoms with E-state index >= 15 is 0 Å². The van der Waals surface area contributed by atoms with E-state index in [1.807, 2.05) is 67.6 Å². The number of rotatable bonds is 8. The molecule has 0 bridgehead atoms. The van der Waals surface area contributed by atoms with Crippen LogP contribution in [-0.2, 0) is 11.2 Å². The molecule has 3 aromatic carbocycles.